The average molecular weight is 839 g/mol. The Balaban J connectivity index is 2.29. The number of hydrogen-bond acceptors (Lipinski definition) is 9. The third-order valence-electron chi connectivity index (χ3n) is 9.68. The first-order valence-corrected chi connectivity index (χ1v) is 23.0. The fourth-order valence-electron chi connectivity index (χ4n) is 6.17. The van der Waals surface area contributed by atoms with Gasteiger partial charge < -0.3 is 39.4 Å². The van der Waals surface area contributed by atoms with E-state index in [-0.39, 0.29) is 25.6 Å². The number of carbonyl (C=O) groups is 1. The second-order valence-electron chi connectivity index (χ2n) is 15.1. The molecule has 0 saturated carbocycles. The van der Waals surface area contributed by atoms with Gasteiger partial charge in [0.15, 0.2) is 6.29 Å². The van der Waals surface area contributed by atoms with Gasteiger partial charge in [0.1, 0.15) is 30.5 Å². The summed E-state index contributed by atoms with van der Waals surface area (Å²) < 4.78 is 22.7. The Labute approximate surface area is 364 Å². The maximum atomic E-state index is 12.8. The van der Waals surface area contributed by atoms with Crippen molar-refractivity contribution in [1.29, 1.82) is 0 Å². The molecule has 0 aliphatic carbocycles. The Morgan fingerprint density at radius 2 is 0.967 bits per heavy atom. The molecule has 0 bridgehead atoms. The van der Waals surface area contributed by atoms with Gasteiger partial charge in [0.25, 0.3) is 0 Å². The predicted octanol–water partition coefficient (Wildman–Crippen LogP) is 10.6. The number of unbranched alkanes of at least 4 members (excludes halogenated alkanes) is 8. The molecule has 0 radical (unpaired) electrons. The van der Waals surface area contributed by atoms with Gasteiger partial charge in [0.2, 0.25) is 0 Å². The summed E-state index contributed by atoms with van der Waals surface area (Å²) in [7, 11) is 0. The molecule has 0 aromatic heterocycles. The monoisotopic (exact) mass is 839 g/mol. The van der Waals surface area contributed by atoms with E-state index in [1.807, 2.05) is 0 Å². The summed E-state index contributed by atoms with van der Waals surface area (Å²) in [5.41, 5.74) is 0. The van der Waals surface area contributed by atoms with Crippen LogP contribution < -0.4 is 0 Å². The zero-order chi connectivity index (χ0) is 43.6. The van der Waals surface area contributed by atoms with Crippen molar-refractivity contribution in [2.75, 3.05) is 26.4 Å². The van der Waals surface area contributed by atoms with E-state index in [1.165, 1.54) is 19.3 Å². The van der Waals surface area contributed by atoms with Crippen molar-refractivity contribution in [2.45, 2.75) is 179 Å². The lowest BCUT2D eigenvalue weighted by Gasteiger charge is -2.39. The van der Waals surface area contributed by atoms with E-state index < -0.39 is 43.4 Å². The van der Waals surface area contributed by atoms with Crippen LogP contribution in [-0.2, 0) is 23.7 Å². The zero-order valence-electron chi connectivity index (χ0n) is 37.2. The average Bonchev–Trinajstić information content (AvgIpc) is 3.25. The molecule has 1 aliphatic rings. The predicted molar refractivity (Wildman–Crippen MR) is 246 cm³/mol. The van der Waals surface area contributed by atoms with E-state index in [0.29, 0.717) is 6.61 Å². The lowest BCUT2D eigenvalue weighted by Crippen LogP contribution is -2.59. The van der Waals surface area contributed by atoms with Gasteiger partial charge in [0, 0.05) is 13.0 Å². The number of carbonyl (C=O) groups excluding carboxylic acids is 1. The fourth-order valence-corrected chi connectivity index (χ4v) is 6.17. The van der Waals surface area contributed by atoms with E-state index in [4.69, 9.17) is 18.9 Å². The minimum absolute atomic E-state index is 0.0942. The van der Waals surface area contributed by atoms with Crippen molar-refractivity contribution in [1.82, 2.24) is 0 Å². The van der Waals surface area contributed by atoms with Gasteiger partial charge in [-0.1, -0.05) is 155 Å². The van der Waals surface area contributed by atoms with E-state index in [1.54, 1.807) is 0 Å². The molecular weight excluding hydrogens is 757 g/mol. The van der Waals surface area contributed by atoms with Crippen LogP contribution in [0.5, 0.6) is 0 Å². The van der Waals surface area contributed by atoms with Gasteiger partial charge >= 0.3 is 5.97 Å². The number of rotatable bonds is 37. The van der Waals surface area contributed by atoms with Crippen molar-refractivity contribution in [3.05, 3.63) is 109 Å². The van der Waals surface area contributed by atoms with Crippen LogP contribution in [0.25, 0.3) is 0 Å². The van der Waals surface area contributed by atoms with Crippen molar-refractivity contribution in [2.24, 2.45) is 0 Å². The number of allylic oxidation sites excluding steroid dienone is 18. The molecule has 1 aliphatic heterocycles. The molecular formula is C51H82O9. The highest BCUT2D eigenvalue weighted by Crippen LogP contribution is 2.22. The van der Waals surface area contributed by atoms with E-state index in [0.717, 1.165) is 103 Å². The molecule has 60 heavy (non-hydrogen) atoms. The summed E-state index contributed by atoms with van der Waals surface area (Å²) in [6, 6.07) is 0. The molecule has 9 heteroatoms. The third kappa shape index (κ3) is 31.7. The molecule has 1 saturated heterocycles. The summed E-state index contributed by atoms with van der Waals surface area (Å²) in [6.07, 6.45) is 51.2. The molecule has 0 aromatic carbocycles. The quantitative estimate of drug-likeness (QED) is 0.0274. The van der Waals surface area contributed by atoms with Gasteiger partial charge in [0.05, 0.1) is 19.8 Å². The van der Waals surface area contributed by atoms with Crippen LogP contribution in [0.1, 0.15) is 142 Å². The third-order valence-corrected chi connectivity index (χ3v) is 9.68. The molecule has 0 spiro atoms. The molecule has 0 amide bonds. The van der Waals surface area contributed by atoms with Crippen molar-refractivity contribution < 1.29 is 44.2 Å². The van der Waals surface area contributed by atoms with Crippen LogP contribution in [-0.4, -0.2) is 89.6 Å². The SMILES string of the molecule is CC/C=C\C/C=C\C/C=C\C/C=C\C/C=C\CCCCCCCCCC(=O)OC(COCCC/C=C\C/C=C\C/C=C\C/C=C\CC)COC1OC(CO)C(O)C(O)C1O. The first-order chi connectivity index (χ1) is 29.4. The number of esters is 1. The van der Waals surface area contributed by atoms with Crippen LogP contribution in [0.2, 0.25) is 0 Å². The summed E-state index contributed by atoms with van der Waals surface area (Å²) >= 11 is 0. The minimum atomic E-state index is -1.56. The maximum absolute atomic E-state index is 12.8. The van der Waals surface area contributed by atoms with Crippen molar-refractivity contribution in [3.8, 4) is 0 Å². The molecule has 6 atom stereocenters. The molecule has 6 unspecified atom stereocenters. The maximum Gasteiger partial charge on any atom is 0.306 e. The largest absolute Gasteiger partial charge is 0.457 e. The van der Waals surface area contributed by atoms with Crippen LogP contribution in [0, 0.1) is 0 Å². The minimum Gasteiger partial charge on any atom is -0.457 e. The summed E-state index contributed by atoms with van der Waals surface area (Å²) in [5.74, 6) is -0.349. The van der Waals surface area contributed by atoms with Crippen LogP contribution in [0.15, 0.2) is 109 Å². The highest BCUT2D eigenvalue weighted by Gasteiger charge is 2.44. The highest BCUT2D eigenvalue weighted by atomic mass is 16.7. The Kier molecular flexibility index (Phi) is 37.7. The normalized spacial score (nSPS) is 21.1. The molecule has 1 rings (SSSR count). The molecule has 4 N–H and O–H groups in total. The van der Waals surface area contributed by atoms with Gasteiger partial charge in [-0.15, -0.1) is 0 Å². The standard InChI is InChI=1S/C51H82O9/c1-3-5-7-9-11-13-15-17-19-20-21-22-23-24-25-26-27-28-30-32-34-36-38-40-47(53)59-45(44-58-51-50(56)49(55)48(54)46(42-52)60-51)43-57-41-39-37-35-33-31-29-18-16-14-12-10-8-6-4-2/h5-8,11-14,17-19,21-22,24-25,29,33,35,45-46,48-52,54-56H,3-4,9-10,15-16,20,23,26-28,30-32,34,36-44H2,1-2H3/b7-5-,8-6-,13-11-,14-12-,19-17-,22-21-,25-24-,29-18-,35-33-. The van der Waals surface area contributed by atoms with E-state index in [9.17, 15) is 25.2 Å². The number of aliphatic hydroxyl groups is 4. The Bertz CT molecular complexity index is 1270. The zero-order valence-corrected chi connectivity index (χ0v) is 37.2. The molecule has 9 nitrogen and oxygen atoms in total. The fraction of sp³-hybridized carbons (Fsp3) is 0.627. The molecule has 340 valence electrons. The van der Waals surface area contributed by atoms with Gasteiger partial charge in [-0.25, -0.2) is 0 Å². The van der Waals surface area contributed by atoms with Crippen LogP contribution in [0.3, 0.4) is 0 Å². The van der Waals surface area contributed by atoms with Crippen LogP contribution in [0.4, 0.5) is 0 Å². The lowest BCUT2D eigenvalue weighted by atomic mass is 9.99. The number of ether oxygens (including phenoxy) is 4. The summed E-state index contributed by atoms with van der Waals surface area (Å²) in [6.45, 7) is 4.14. The number of aliphatic hydroxyl groups excluding tert-OH is 4. The van der Waals surface area contributed by atoms with E-state index in [2.05, 4.69) is 123 Å². The first kappa shape index (κ1) is 54.9. The highest BCUT2D eigenvalue weighted by molar-refractivity contribution is 5.69. The van der Waals surface area contributed by atoms with E-state index >= 15 is 0 Å². The van der Waals surface area contributed by atoms with Gasteiger partial charge in [-0.2, -0.15) is 0 Å². The smallest absolute Gasteiger partial charge is 0.306 e. The second kappa shape index (κ2) is 41.2. The molecule has 0 aromatic rings. The van der Waals surface area contributed by atoms with Gasteiger partial charge in [-0.05, 0) is 89.9 Å². The summed E-state index contributed by atoms with van der Waals surface area (Å²) in [5, 5.41) is 40.1. The first-order valence-electron chi connectivity index (χ1n) is 23.0. The summed E-state index contributed by atoms with van der Waals surface area (Å²) in [4.78, 5) is 12.8. The van der Waals surface area contributed by atoms with Gasteiger partial charge in [-0.3, -0.25) is 4.79 Å². The lowest BCUT2D eigenvalue weighted by molar-refractivity contribution is -0.305. The molecule has 1 heterocycles. The Morgan fingerprint density at radius 1 is 0.533 bits per heavy atom. The van der Waals surface area contributed by atoms with Crippen LogP contribution >= 0.6 is 0 Å². The second-order valence-corrected chi connectivity index (χ2v) is 15.1. The number of hydrogen-bond donors (Lipinski definition) is 4. The van der Waals surface area contributed by atoms with Crippen molar-refractivity contribution in [3.63, 3.8) is 0 Å². The topological polar surface area (TPSA) is 135 Å². The molecule has 1 fully saturated rings. The Morgan fingerprint density at radius 3 is 1.45 bits per heavy atom. The Hall–Kier alpha value is -3.15. The van der Waals surface area contributed by atoms with Crippen molar-refractivity contribution >= 4 is 5.97 Å².